The first-order chi connectivity index (χ1) is 9.11. The van der Waals surface area contributed by atoms with Gasteiger partial charge in [-0.1, -0.05) is 25.6 Å². The molecule has 1 aliphatic carbocycles. The highest BCUT2D eigenvalue weighted by atomic mass is 32.2. The molecule has 1 heterocycles. The third-order valence-corrected chi connectivity index (χ3v) is 5.00. The van der Waals surface area contributed by atoms with Crippen LogP contribution in [-0.4, -0.2) is 27.0 Å². The van der Waals surface area contributed by atoms with Gasteiger partial charge in [-0.05, 0) is 37.7 Å². The highest BCUT2D eigenvalue weighted by Crippen LogP contribution is 2.32. The van der Waals surface area contributed by atoms with Gasteiger partial charge in [0, 0.05) is 17.0 Å². The van der Waals surface area contributed by atoms with Crippen LogP contribution < -0.4 is 11.1 Å². The van der Waals surface area contributed by atoms with Gasteiger partial charge in [-0.3, -0.25) is 0 Å². The zero-order valence-corrected chi connectivity index (χ0v) is 13.1. The molecule has 19 heavy (non-hydrogen) atoms. The Balaban J connectivity index is 2.17. The van der Waals surface area contributed by atoms with Crippen molar-refractivity contribution in [2.24, 2.45) is 5.73 Å². The second-order valence-corrected chi connectivity index (χ2v) is 6.84. The lowest BCUT2D eigenvalue weighted by atomic mass is 10.2. The summed E-state index contributed by atoms with van der Waals surface area (Å²) >= 11 is 7.14. The van der Waals surface area contributed by atoms with E-state index < -0.39 is 0 Å². The number of nitrogens with one attached hydrogen (secondary N) is 1. The highest BCUT2D eigenvalue weighted by Gasteiger charge is 2.28. The van der Waals surface area contributed by atoms with Gasteiger partial charge < -0.3 is 11.1 Å². The average molecular weight is 295 g/mol. The third kappa shape index (κ3) is 3.60. The normalized spacial score (nSPS) is 22.4. The van der Waals surface area contributed by atoms with Crippen LogP contribution in [0.4, 0.5) is 5.82 Å². The Morgan fingerprint density at radius 2 is 2.32 bits per heavy atom. The molecule has 5 heteroatoms. The predicted molar refractivity (Wildman–Crippen MR) is 88.0 cm³/mol. The Hall–Kier alpha value is -0.810. The Morgan fingerprint density at radius 3 is 3.00 bits per heavy atom. The molecule has 0 aromatic carbocycles. The van der Waals surface area contributed by atoms with E-state index in [0.717, 1.165) is 22.8 Å². The van der Waals surface area contributed by atoms with Gasteiger partial charge in [-0.2, -0.15) is 11.8 Å². The van der Waals surface area contributed by atoms with Crippen molar-refractivity contribution in [1.29, 1.82) is 0 Å². The molecule has 3 nitrogen and oxygen atoms in total. The van der Waals surface area contributed by atoms with Gasteiger partial charge in [-0.15, -0.1) is 0 Å². The summed E-state index contributed by atoms with van der Waals surface area (Å²) in [6.45, 7) is 4.20. The summed E-state index contributed by atoms with van der Waals surface area (Å²) in [6.07, 6.45) is 3.76. The maximum absolute atomic E-state index is 5.78. The van der Waals surface area contributed by atoms with Gasteiger partial charge in [0.1, 0.15) is 10.8 Å². The number of hydrogen-bond donors (Lipinski definition) is 2. The van der Waals surface area contributed by atoms with Crippen LogP contribution in [0.5, 0.6) is 0 Å². The molecule has 0 saturated heterocycles. The van der Waals surface area contributed by atoms with Gasteiger partial charge in [0.2, 0.25) is 0 Å². The van der Waals surface area contributed by atoms with Crippen molar-refractivity contribution < 1.29 is 0 Å². The predicted octanol–water partition coefficient (Wildman–Crippen LogP) is 3.11. The van der Waals surface area contributed by atoms with E-state index in [4.69, 9.17) is 18.0 Å². The number of aryl methyl sites for hydroxylation is 1. The van der Waals surface area contributed by atoms with Crippen LogP contribution >= 0.6 is 24.0 Å². The minimum atomic E-state index is 0.410. The summed E-state index contributed by atoms with van der Waals surface area (Å²) in [7, 11) is 0. The lowest BCUT2D eigenvalue weighted by Gasteiger charge is -2.22. The summed E-state index contributed by atoms with van der Waals surface area (Å²) in [6, 6.07) is 4.39. The molecule has 3 N–H and O–H groups in total. The van der Waals surface area contributed by atoms with Crippen LogP contribution in [0.2, 0.25) is 0 Å². The Bertz CT molecular complexity index is 462. The minimum Gasteiger partial charge on any atom is -0.389 e. The van der Waals surface area contributed by atoms with Crippen molar-refractivity contribution >= 4 is 34.8 Å². The Morgan fingerprint density at radius 1 is 1.53 bits per heavy atom. The molecule has 2 unspecified atom stereocenters. The second-order valence-electron chi connectivity index (χ2n) is 4.89. The minimum absolute atomic E-state index is 0.410. The van der Waals surface area contributed by atoms with E-state index in [1.807, 2.05) is 30.8 Å². The van der Waals surface area contributed by atoms with E-state index in [-0.39, 0.29) is 0 Å². The molecule has 0 aliphatic heterocycles. The van der Waals surface area contributed by atoms with Crippen LogP contribution in [0.15, 0.2) is 12.1 Å². The maximum Gasteiger partial charge on any atom is 0.136 e. The van der Waals surface area contributed by atoms with E-state index >= 15 is 0 Å². The molecule has 2 rings (SSSR count). The maximum atomic E-state index is 5.78. The largest absolute Gasteiger partial charge is 0.389 e. The van der Waals surface area contributed by atoms with Crippen molar-refractivity contribution in [2.45, 2.75) is 44.4 Å². The molecule has 1 fully saturated rings. The van der Waals surface area contributed by atoms with Crippen molar-refractivity contribution in [3.8, 4) is 0 Å². The molecular formula is C14H21N3S2. The molecule has 0 radical (unpaired) electrons. The lowest BCUT2D eigenvalue weighted by molar-refractivity contribution is 0.761. The molecule has 0 bridgehead atoms. The molecule has 104 valence electrons. The van der Waals surface area contributed by atoms with Gasteiger partial charge >= 0.3 is 0 Å². The Kier molecular flexibility index (Phi) is 5.05. The van der Waals surface area contributed by atoms with Crippen molar-refractivity contribution in [3.63, 3.8) is 0 Å². The molecular weight excluding hydrogens is 274 g/mol. The first kappa shape index (κ1) is 14.6. The Labute approximate surface area is 124 Å². The number of anilines is 1. The summed E-state index contributed by atoms with van der Waals surface area (Å²) in [4.78, 5) is 4.97. The number of aromatic nitrogens is 1. The molecule has 0 amide bonds. The van der Waals surface area contributed by atoms with Crippen LogP contribution in [0, 0.1) is 6.92 Å². The van der Waals surface area contributed by atoms with Crippen LogP contribution in [0.3, 0.4) is 0 Å². The molecule has 1 aliphatic rings. The topological polar surface area (TPSA) is 50.9 Å². The van der Waals surface area contributed by atoms with E-state index in [1.165, 1.54) is 19.3 Å². The molecule has 0 spiro atoms. The van der Waals surface area contributed by atoms with Crippen LogP contribution in [0.25, 0.3) is 0 Å². The summed E-state index contributed by atoms with van der Waals surface area (Å²) in [5, 5.41) is 4.24. The smallest absolute Gasteiger partial charge is 0.136 e. The third-order valence-electron chi connectivity index (χ3n) is 3.46. The molecule has 2 atom stereocenters. The lowest BCUT2D eigenvalue weighted by Crippen LogP contribution is -2.28. The van der Waals surface area contributed by atoms with Crippen molar-refractivity contribution in [2.75, 3.05) is 11.1 Å². The number of nitrogens with zero attached hydrogens (tertiary/aromatic N) is 1. The average Bonchev–Trinajstić information content (AvgIpc) is 2.77. The number of thiocarbonyl (C=S) groups is 1. The molecule has 1 aromatic heterocycles. The number of rotatable bonds is 5. The highest BCUT2D eigenvalue weighted by molar-refractivity contribution is 7.99. The van der Waals surface area contributed by atoms with Gasteiger partial charge in [0.05, 0.1) is 5.56 Å². The van der Waals surface area contributed by atoms with Crippen molar-refractivity contribution in [3.05, 3.63) is 23.4 Å². The zero-order valence-electron chi connectivity index (χ0n) is 11.5. The van der Waals surface area contributed by atoms with Gasteiger partial charge in [0.15, 0.2) is 0 Å². The number of pyridine rings is 1. The summed E-state index contributed by atoms with van der Waals surface area (Å²) in [5.41, 5.74) is 7.62. The fourth-order valence-electron chi connectivity index (χ4n) is 2.55. The standard InChI is InChI=1S/C14H21N3S2/c1-3-19-12-6-4-5-11(12)17-14-10(13(15)18)8-7-9(2)16-14/h7-8,11-12H,3-6H2,1-2H3,(H2,15,18)(H,16,17). The first-order valence-electron chi connectivity index (χ1n) is 6.77. The summed E-state index contributed by atoms with van der Waals surface area (Å²) in [5.74, 6) is 2.01. The summed E-state index contributed by atoms with van der Waals surface area (Å²) < 4.78 is 0. The van der Waals surface area contributed by atoms with E-state index in [0.29, 0.717) is 16.3 Å². The monoisotopic (exact) mass is 295 g/mol. The van der Waals surface area contributed by atoms with E-state index in [9.17, 15) is 0 Å². The van der Waals surface area contributed by atoms with Gasteiger partial charge in [0.25, 0.3) is 0 Å². The second kappa shape index (κ2) is 6.57. The van der Waals surface area contributed by atoms with Gasteiger partial charge in [-0.25, -0.2) is 4.98 Å². The van der Waals surface area contributed by atoms with Crippen molar-refractivity contribution in [1.82, 2.24) is 4.98 Å². The molecule has 1 saturated carbocycles. The number of thioether (sulfide) groups is 1. The fourth-order valence-corrected chi connectivity index (χ4v) is 3.91. The first-order valence-corrected chi connectivity index (χ1v) is 8.23. The zero-order chi connectivity index (χ0) is 13.8. The van der Waals surface area contributed by atoms with E-state index in [2.05, 4.69) is 17.2 Å². The van der Waals surface area contributed by atoms with E-state index in [1.54, 1.807) is 0 Å². The quantitative estimate of drug-likeness (QED) is 0.818. The van der Waals surface area contributed by atoms with Crippen LogP contribution in [-0.2, 0) is 0 Å². The molecule has 1 aromatic rings. The SMILES string of the molecule is CCSC1CCCC1Nc1nc(C)ccc1C(N)=S. The van der Waals surface area contributed by atoms with Crippen LogP contribution in [0.1, 0.15) is 37.4 Å². The number of hydrogen-bond acceptors (Lipinski definition) is 4. The fraction of sp³-hybridized carbons (Fsp3) is 0.571. The number of nitrogens with two attached hydrogens (primary N) is 1.